The Morgan fingerprint density at radius 3 is 2.62 bits per heavy atom. The van der Waals surface area contributed by atoms with E-state index < -0.39 is 18.6 Å². The number of anilines is 1. The average Bonchev–Trinajstić information content (AvgIpc) is 2.59. The number of halogens is 3. The van der Waals surface area contributed by atoms with E-state index in [1.165, 1.54) is 12.1 Å². The van der Waals surface area contributed by atoms with Crippen LogP contribution in [0.3, 0.4) is 0 Å². The highest BCUT2D eigenvalue weighted by Gasteiger charge is 2.35. The Morgan fingerprint density at radius 1 is 1.38 bits per heavy atom. The topological polar surface area (TPSA) is 74.9 Å². The molecular formula is C9H8F3N3O. The zero-order valence-electron chi connectivity index (χ0n) is 7.97. The number of nitrogens with one attached hydrogen (secondary N) is 1. The lowest BCUT2D eigenvalue weighted by molar-refractivity contribution is -0.144. The molecule has 16 heavy (non-hydrogen) atoms. The summed E-state index contributed by atoms with van der Waals surface area (Å²) in [4.78, 5) is 5.52. The van der Waals surface area contributed by atoms with Crippen LogP contribution in [0, 0.1) is 0 Å². The number of imidazole rings is 1. The van der Waals surface area contributed by atoms with E-state index in [1.54, 1.807) is 0 Å². The molecule has 0 unspecified atom stereocenters. The highest BCUT2D eigenvalue weighted by molar-refractivity contribution is 5.82. The Balaban J connectivity index is 2.70. The first-order valence-corrected chi connectivity index (χ1v) is 4.38. The molecule has 0 fully saturated rings. The van der Waals surface area contributed by atoms with Gasteiger partial charge >= 0.3 is 6.18 Å². The summed E-state index contributed by atoms with van der Waals surface area (Å²) >= 11 is 0. The fraction of sp³-hybridized carbons (Fsp3) is 0.222. The normalized spacial score (nSPS) is 12.2. The summed E-state index contributed by atoms with van der Waals surface area (Å²) in [6.07, 6.45) is -4.54. The number of aromatic nitrogens is 2. The van der Waals surface area contributed by atoms with Crippen molar-refractivity contribution < 1.29 is 18.3 Å². The van der Waals surface area contributed by atoms with Gasteiger partial charge in [-0.2, -0.15) is 13.2 Å². The van der Waals surface area contributed by atoms with Crippen molar-refractivity contribution in [2.24, 2.45) is 0 Å². The van der Waals surface area contributed by atoms with Gasteiger partial charge in [0.1, 0.15) is 0 Å². The lowest BCUT2D eigenvalue weighted by atomic mass is 10.2. The number of nitrogens with two attached hydrogens (primary N) is 1. The van der Waals surface area contributed by atoms with E-state index in [9.17, 15) is 13.2 Å². The molecule has 1 aromatic carbocycles. The van der Waals surface area contributed by atoms with Crippen molar-refractivity contribution in [3.63, 3.8) is 0 Å². The zero-order chi connectivity index (χ0) is 11.9. The van der Waals surface area contributed by atoms with E-state index in [1.807, 2.05) is 0 Å². The Morgan fingerprint density at radius 2 is 2.06 bits per heavy atom. The number of alkyl halides is 3. The van der Waals surface area contributed by atoms with Crippen molar-refractivity contribution in [3.05, 3.63) is 23.5 Å². The predicted octanol–water partition coefficient (Wildman–Crippen LogP) is 1.66. The van der Waals surface area contributed by atoms with Gasteiger partial charge in [-0.3, -0.25) is 0 Å². The molecule has 4 N–H and O–H groups in total. The third-order valence-electron chi connectivity index (χ3n) is 2.13. The largest absolute Gasteiger partial charge is 0.449 e. The van der Waals surface area contributed by atoms with Crippen LogP contribution in [0.1, 0.15) is 11.4 Å². The third kappa shape index (κ3) is 1.69. The molecule has 0 aliphatic heterocycles. The maximum absolute atomic E-state index is 12.4. The SMILES string of the molecule is Nc1cc(CO)c2nc(C(F)(F)F)[nH]c2c1. The number of nitrogens with zero attached hydrogens (tertiary/aromatic N) is 1. The van der Waals surface area contributed by atoms with Crippen LogP contribution in [0.2, 0.25) is 0 Å². The van der Waals surface area contributed by atoms with E-state index in [0.29, 0.717) is 0 Å². The second-order valence-electron chi connectivity index (χ2n) is 3.32. The van der Waals surface area contributed by atoms with E-state index in [4.69, 9.17) is 10.8 Å². The standard InChI is InChI=1S/C9H8F3N3O/c10-9(11,12)8-14-6-2-5(13)1-4(3-16)7(6)15-8/h1-2,16H,3,13H2,(H,14,15). The molecule has 1 aromatic heterocycles. The highest BCUT2D eigenvalue weighted by Crippen LogP contribution is 2.30. The summed E-state index contributed by atoms with van der Waals surface area (Å²) in [7, 11) is 0. The van der Waals surface area contributed by atoms with Crippen molar-refractivity contribution >= 4 is 16.7 Å². The Bertz CT molecular complexity index is 533. The molecule has 2 aromatic rings. The van der Waals surface area contributed by atoms with Crippen LogP contribution in [0.25, 0.3) is 11.0 Å². The number of hydrogen-bond acceptors (Lipinski definition) is 3. The van der Waals surface area contributed by atoms with Crippen LogP contribution in [0.15, 0.2) is 12.1 Å². The van der Waals surface area contributed by atoms with E-state index in [0.717, 1.165) is 0 Å². The summed E-state index contributed by atoms with van der Waals surface area (Å²) in [6, 6.07) is 2.74. The number of benzene rings is 1. The van der Waals surface area contributed by atoms with Crippen LogP contribution in [0.5, 0.6) is 0 Å². The number of aliphatic hydroxyl groups excluding tert-OH is 1. The molecule has 2 rings (SSSR count). The number of H-pyrrole nitrogens is 1. The molecule has 0 aliphatic carbocycles. The smallest absolute Gasteiger partial charge is 0.399 e. The van der Waals surface area contributed by atoms with Crippen LogP contribution in [-0.2, 0) is 12.8 Å². The Hall–Kier alpha value is -1.76. The molecule has 4 nitrogen and oxygen atoms in total. The molecule has 0 spiro atoms. The summed E-state index contributed by atoms with van der Waals surface area (Å²) in [6.45, 7) is -0.413. The van der Waals surface area contributed by atoms with E-state index in [-0.39, 0.29) is 22.3 Å². The molecule has 0 saturated heterocycles. The molecule has 0 bridgehead atoms. The zero-order valence-corrected chi connectivity index (χ0v) is 7.97. The highest BCUT2D eigenvalue weighted by atomic mass is 19.4. The number of hydrogen-bond donors (Lipinski definition) is 3. The lowest BCUT2D eigenvalue weighted by Gasteiger charge is -1.99. The van der Waals surface area contributed by atoms with Crippen molar-refractivity contribution in [1.29, 1.82) is 0 Å². The quantitative estimate of drug-likeness (QED) is 0.653. The maximum atomic E-state index is 12.4. The van der Waals surface area contributed by atoms with Crippen molar-refractivity contribution in [2.75, 3.05) is 5.73 Å². The van der Waals surface area contributed by atoms with Gasteiger partial charge in [0.15, 0.2) is 0 Å². The van der Waals surface area contributed by atoms with Gasteiger partial charge in [0.2, 0.25) is 5.82 Å². The van der Waals surface area contributed by atoms with Crippen molar-refractivity contribution in [1.82, 2.24) is 9.97 Å². The molecule has 1 heterocycles. The number of rotatable bonds is 1. The van der Waals surface area contributed by atoms with Crippen LogP contribution >= 0.6 is 0 Å². The molecule has 0 saturated carbocycles. The van der Waals surface area contributed by atoms with E-state index >= 15 is 0 Å². The van der Waals surface area contributed by atoms with Gasteiger partial charge < -0.3 is 15.8 Å². The average molecular weight is 231 g/mol. The fourth-order valence-corrected chi connectivity index (χ4v) is 1.47. The van der Waals surface area contributed by atoms with Gasteiger partial charge in [-0.1, -0.05) is 0 Å². The minimum Gasteiger partial charge on any atom is -0.399 e. The predicted molar refractivity (Wildman–Crippen MR) is 51.4 cm³/mol. The number of fused-ring (bicyclic) bond motifs is 1. The first-order chi connectivity index (χ1) is 7.41. The van der Waals surface area contributed by atoms with Crippen molar-refractivity contribution in [2.45, 2.75) is 12.8 Å². The molecule has 0 atom stereocenters. The van der Waals surface area contributed by atoms with E-state index in [2.05, 4.69) is 9.97 Å². The summed E-state index contributed by atoms with van der Waals surface area (Å²) in [5.41, 5.74) is 6.27. The third-order valence-corrected chi connectivity index (χ3v) is 2.13. The van der Waals surface area contributed by atoms with Gasteiger partial charge in [0, 0.05) is 11.3 Å². The monoisotopic (exact) mass is 231 g/mol. The lowest BCUT2D eigenvalue weighted by Crippen LogP contribution is -2.06. The Kier molecular flexibility index (Phi) is 2.27. The van der Waals surface area contributed by atoms with Crippen LogP contribution in [-0.4, -0.2) is 15.1 Å². The minimum absolute atomic E-state index is 0.0871. The minimum atomic E-state index is -4.54. The Labute approximate surface area is 87.9 Å². The molecule has 7 heteroatoms. The fourth-order valence-electron chi connectivity index (χ4n) is 1.47. The summed E-state index contributed by atoms with van der Waals surface area (Å²) in [5.74, 6) is -1.09. The second kappa shape index (κ2) is 3.38. The second-order valence-corrected chi connectivity index (χ2v) is 3.32. The van der Waals surface area contributed by atoms with Gasteiger partial charge in [-0.15, -0.1) is 0 Å². The molecule has 0 radical (unpaired) electrons. The molecule has 0 aliphatic rings. The van der Waals surface area contributed by atoms with Gasteiger partial charge in [0.25, 0.3) is 0 Å². The maximum Gasteiger partial charge on any atom is 0.449 e. The number of nitrogen functional groups attached to an aromatic ring is 1. The van der Waals surface area contributed by atoms with Gasteiger partial charge in [-0.05, 0) is 12.1 Å². The van der Waals surface area contributed by atoms with Crippen LogP contribution < -0.4 is 5.73 Å². The molecular weight excluding hydrogens is 223 g/mol. The number of aromatic amines is 1. The number of aliphatic hydroxyl groups is 1. The first-order valence-electron chi connectivity index (χ1n) is 4.38. The van der Waals surface area contributed by atoms with Gasteiger partial charge in [0.05, 0.1) is 17.6 Å². The first kappa shape index (κ1) is 10.7. The summed E-state index contributed by atoms with van der Waals surface area (Å²) < 4.78 is 37.1. The van der Waals surface area contributed by atoms with Crippen molar-refractivity contribution in [3.8, 4) is 0 Å². The van der Waals surface area contributed by atoms with Crippen LogP contribution in [0.4, 0.5) is 18.9 Å². The molecule has 86 valence electrons. The summed E-state index contributed by atoms with van der Waals surface area (Å²) in [5, 5.41) is 8.98. The van der Waals surface area contributed by atoms with Gasteiger partial charge in [-0.25, -0.2) is 4.98 Å². The molecule has 0 amide bonds.